The Bertz CT molecular complexity index is 705. The Morgan fingerprint density at radius 2 is 2.00 bits per heavy atom. The van der Waals surface area contributed by atoms with Gasteiger partial charge in [0, 0.05) is 6.54 Å². The van der Waals surface area contributed by atoms with Gasteiger partial charge in [0.25, 0.3) is 0 Å². The number of carbonyl (C=O) groups is 2. The number of rotatable bonds is 4. The van der Waals surface area contributed by atoms with Crippen LogP contribution in [0.2, 0.25) is 0 Å². The van der Waals surface area contributed by atoms with Gasteiger partial charge in [-0.15, -0.1) is 0 Å². The van der Waals surface area contributed by atoms with E-state index in [-0.39, 0.29) is 23.9 Å². The Hall–Kier alpha value is -2.56. The van der Waals surface area contributed by atoms with Crippen molar-refractivity contribution in [2.45, 2.75) is 32.2 Å². The average Bonchev–Trinajstić information content (AvgIpc) is 3.09. The largest absolute Gasteiger partial charge is 0.478 e. The molecule has 2 atom stereocenters. The number of benzene rings is 1. The topological polar surface area (TPSA) is 70.8 Å². The number of carboxylic acids is 1. The van der Waals surface area contributed by atoms with E-state index in [9.17, 15) is 9.59 Å². The van der Waals surface area contributed by atoms with Crippen molar-refractivity contribution in [3.05, 3.63) is 59.5 Å². The first kappa shape index (κ1) is 16.3. The van der Waals surface area contributed by atoms with Crippen molar-refractivity contribution in [2.75, 3.05) is 6.54 Å². The first-order chi connectivity index (χ1) is 11.5. The molecule has 1 amide bonds. The summed E-state index contributed by atoms with van der Waals surface area (Å²) in [5, 5.41) is 8.94. The number of hydrogen-bond donors (Lipinski definition) is 1. The summed E-state index contributed by atoms with van der Waals surface area (Å²) in [4.78, 5) is 25.6. The maximum Gasteiger partial charge on any atom is 0.335 e. The normalized spacial score (nSPS) is 20.8. The third kappa shape index (κ3) is 3.50. The summed E-state index contributed by atoms with van der Waals surface area (Å²) >= 11 is 0. The quantitative estimate of drug-likeness (QED) is 0.932. The van der Waals surface area contributed by atoms with E-state index in [0.717, 1.165) is 30.7 Å². The monoisotopic (exact) mass is 327 g/mol. The molecular formula is C19H21NO4. The Morgan fingerprint density at radius 3 is 2.62 bits per heavy atom. The molecule has 1 fully saturated rings. The Kier molecular flexibility index (Phi) is 4.69. The Labute approximate surface area is 140 Å². The molecule has 0 bridgehead atoms. The zero-order valence-corrected chi connectivity index (χ0v) is 13.6. The van der Waals surface area contributed by atoms with Crippen molar-refractivity contribution >= 4 is 11.9 Å². The molecule has 1 aliphatic rings. The summed E-state index contributed by atoms with van der Waals surface area (Å²) in [6.07, 6.45) is 3.80. The lowest BCUT2D eigenvalue weighted by molar-refractivity contribution is -0.135. The molecule has 2 heterocycles. The fraction of sp³-hybridized carbons (Fsp3) is 0.368. The van der Waals surface area contributed by atoms with Crippen molar-refractivity contribution in [1.29, 1.82) is 0 Å². The lowest BCUT2D eigenvalue weighted by Gasteiger charge is -2.37. The van der Waals surface area contributed by atoms with Crippen molar-refractivity contribution in [3.63, 3.8) is 0 Å². The fourth-order valence-electron chi connectivity index (χ4n) is 3.23. The number of nitrogens with zero attached hydrogens (tertiary/aromatic N) is 1. The van der Waals surface area contributed by atoms with Crippen LogP contribution in [0, 0.1) is 5.92 Å². The third-order valence-electron chi connectivity index (χ3n) is 4.61. The molecule has 0 unspecified atom stereocenters. The van der Waals surface area contributed by atoms with Crippen LogP contribution in [0.1, 0.15) is 47.5 Å². The van der Waals surface area contributed by atoms with E-state index in [0.29, 0.717) is 5.92 Å². The van der Waals surface area contributed by atoms with Crippen LogP contribution in [0.25, 0.3) is 0 Å². The lowest BCUT2D eigenvalue weighted by Crippen LogP contribution is -2.41. The predicted octanol–water partition coefficient (Wildman–Crippen LogP) is 3.52. The van der Waals surface area contributed by atoms with Gasteiger partial charge in [0.1, 0.15) is 5.76 Å². The van der Waals surface area contributed by atoms with Crippen LogP contribution in [-0.2, 0) is 11.2 Å². The summed E-state index contributed by atoms with van der Waals surface area (Å²) in [6, 6.07) is 10.2. The molecule has 0 aliphatic carbocycles. The SMILES string of the molecule is C[C@H]1CCN(C(=O)Cc2ccc(C(=O)O)cc2)[C@@H](c2ccco2)C1. The maximum atomic E-state index is 12.8. The van der Waals surface area contributed by atoms with E-state index in [2.05, 4.69) is 6.92 Å². The van der Waals surface area contributed by atoms with Gasteiger partial charge in [0.05, 0.1) is 24.3 Å². The smallest absolute Gasteiger partial charge is 0.335 e. The molecule has 1 aliphatic heterocycles. The van der Waals surface area contributed by atoms with Crippen LogP contribution in [-0.4, -0.2) is 28.4 Å². The van der Waals surface area contributed by atoms with E-state index in [1.807, 2.05) is 17.0 Å². The van der Waals surface area contributed by atoms with E-state index < -0.39 is 5.97 Å². The van der Waals surface area contributed by atoms with Crippen molar-refractivity contribution in [3.8, 4) is 0 Å². The minimum atomic E-state index is -0.962. The first-order valence-electron chi connectivity index (χ1n) is 8.19. The maximum absolute atomic E-state index is 12.8. The van der Waals surface area contributed by atoms with Gasteiger partial charge in [-0.1, -0.05) is 19.1 Å². The number of aromatic carboxylic acids is 1. The Balaban J connectivity index is 1.73. The summed E-state index contributed by atoms with van der Waals surface area (Å²) in [6.45, 7) is 2.92. The fourth-order valence-corrected chi connectivity index (χ4v) is 3.23. The van der Waals surface area contributed by atoms with Crippen LogP contribution in [0.4, 0.5) is 0 Å². The minimum Gasteiger partial charge on any atom is -0.478 e. The number of carbonyl (C=O) groups excluding carboxylic acids is 1. The predicted molar refractivity (Wildman–Crippen MR) is 88.7 cm³/mol. The standard InChI is InChI=1S/C19H21NO4/c1-13-8-9-20(16(11-13)17-3-2-10-24-17)18(21)12-14-4-6-15(7-5-14)19(22)23/h2-7,10,13,16H,8-9,11-12H2,1H3,(H,22,23)/t13-,16+/m0/s1. The van der Waals surface area contributed by atoms with E-state index >= 15 is 0 Å². The van der Waals surface area contributed by atoms with Gasteiger partial charge in [-0.05, 0) is 48.6 Å². The second kappa shape index (κ2) is 6.91. The molecule has 0 saturated carbocycles. The second-order valence-corrected chi connectivity index (χ2v) is 6.43. The summed E-state index contributed by atoms with van der Waals surface area (Å²) in [5.74, 6) is 0.470. The molecule has 0 spiro atoms. The third-order valence-corrected chi connectivity index (χ3v) is 4.61. The van der Waals surface area contributed by atoms with E-state index in [1.54, 1.807) is 18.4 Å². The van der Waals surface area contributed by atoms with Crippen LogP contribution >= 0.6 is 0 Å². The number of furan rings is 1. The number of amides is 1. The lowest BCUT2D eigenvalue weighted by atomic mass is 9.90. The number of carboxylic acid groups (broad SMARTS) is 1. The molecule has 1 aromatic heterocycles. The number of piperidine rings is 1. The zero-order valence-electron chi connectivity index (χ0n) is 13.6. The summed E-state index contributed by atoms with van der Waals surface area (Å²) < 4.78 is 5.53. The molecule has 1 aromatic carbocycles. The molecular weight excluding hydrogens is 306 g/mol. The molecule has 24 heavy (non-hydrogen) atoms. The van der Waals surface area contributed by atoms with Gasteiger partial charge < -0.3 is 14.4 Å². The van der Waals surface area contributed by atoms with Crippen molar-refractivity contribution in [2.24, 2.45) is 5.92 Å². The molecule has 1 saturated heterocycles. The molecule has 1 N–H and O–H groups in total. The summed E-state index contributed by atoms with van der Waals surface area (Å²) in [5.41, 5.74) is 1.05. The van der Waals surface area contributed by atoms with Crippen molar-refractivity contribution < 1.29 is 19.1 Å². The first-order valence-corrected chi connectivity index (χ1v) is 8.19. The molecule has 0 radical (unpaired) electrons. The molecule has 5 heteroatoms. The van der Waals surface area contributed by atoms with Gasteiger partial charge >= 0.3 is 5.97 Å². The minimum absolute atomic E-state index is 0.0189. The van der Waals surface area contributed by atoms with Gasteiger partial charge in [-0.2, -0.15) is 0 Å². The van der Waals surface area contributed by atoms with Gasteiger partial charge in [0.2, 0.25) is 5.91 Å². The number of hydrogen-bond acceptors (Lipinski definition) is 3. The molecule has 2 aromatic rings. The van der Waals surface area contributed by atoms with Crippen molar-refractivity contribution in [1.82, 2.24) is 4.90 Å². The van der Waals surface area contributed by atoms with Gasteiger partial charge in [0.15, 0.2) is 0 Å². The van der Waals surface area contributed by atoms with Crippen LogP contribution in [0.15, 0.2) is 47.1 Å². The van der Waals surface area contributed by atoms with E-state index in [1.165, 1.54) is 12.1 Å². The highest BCUT2D eigenvalue weighted by molar-refractivity contribution is 5.87. The van der Waals surface area contributed by atoms with Crippen LogP contribution < -0.4 is 0 Å². The highest BCUT2D eigenvalue weighted by Gasteiger charge is 2.32. The van der Waals surface area contributed by atoms with Gasteiger partial charge in [-0.3, -0.25) is 4.79 Å². The van der Waals surface area contributed by atoms with Gasteiger partial charge in [-0.25, -0.2) is 4.79 Å². The highest BCUT2D eigenvalue weighted by Crippen LogP contribution is 2.34. The van der Waals surface area contributed by atoms with Crippen LogP contribution in [0.3, 0.4) is 0 Å². The second-order valence-electron chi connectivity index (χ2n) is 6.43. The molecule has 126 valence electrons. The highest BCUT2D eigenvalue weighted by atomic mass is 16.4. The molecule has 5 nitrogen and oxygen atoms in total. The molecule has 3 rings (SSSR count). The van der Waals surface area contributed by atoms with E-state index in [4.69, 9.17) is 9.52 Å². The van der Waals surface area contributed by atoms with Crippen LogP contribution in [0.5, 0.6) is 0 Å². The Morgan fingerprint density at radius 1 is 1.25 bits per heavy atom. The number of likely N-dealkylation sites (tertiary alicyclic amines) is 1. The average molecular weight is 327 g/mol. The summed E-state index contributed by atoms with van der Waals surface area (Å²) in [7, 11) is 0. The zero-order chi connectivity index (χ0) is 17.1.